The third kappa shape index (κ3) is 2.65. The van der Waals surface area contributed by atoms with Gasteiger partial charge < -0.3 is 4.74 Å². The van der Waals surface area contributed by atoms with Crippen molar-refractivity contribution < 1.29 is 4.74 Å². The van der Waals surface area contributed by atoms with Crippen molar-refractivity contribution in [2.75, 3.05) is 0 Å². The summed E-state index contributed by atoms with van der Waals surface area (Å²) in [5, 5.41) is 17.1. The van der Waals surface area contributed by atoms with Gasteiger partial charge in [-0.05, 0) is 12.1 Å². The summed E-state index contributed by atoms with van der Waals surface area (Å²) in [6.07, 6.45) is 1.39. The molecule has 2 aromatic rings. The highest BCUT2D eigenvalue weighted by atomic mass is 35.5. The minimum Gasteiger partial charge on any atom is -0.435 e. The normalized spacial score (nSPS) is 9.89. The summed E-state index contributed by atoms with van der Waals surface area (Å²) in [5.41, 5.74) is 0.243. The van der Waals surface area contributed by atoms with Gasteiger partial charge in [0, 0.05) is 6.07 Å². The van der Waals surface area contributed by atoms with Crippen molar-refractivity contribution in [3.63, 3.8) is 0 Å². The molecule has 1 aromatic heterocycles. The summed E-state index contributed by atoms with van der Waals surface area (Å²) >= 11 is 17.6. The SMILES string of the molecule is N#Cc1ccnnc1Oc1cc(Cl)c(Cl)cc1Cl. The Hall–Kier alpha value is -1.54. The Bertz CT molecular complexity index is 640. The second kappa shape index (κ2) is 5.40. The molecule has 0 saturated carbocycles. The van der Waals surface area contributed by atoms with Crippen LogP contribution < -0.4 is 4.74 Å². The second-order valence-corrected chi connectivity index (χ2v) is 4.38. The fourth-order valence-corrected chi connectivity index (χ4v) is 1.74. The molecular weight excluding hydrogens is 296 g/mol. The summed E-state index contributed by atoms with van der Waals surface area (Å²) in [5.74, 6) is 0.309. The zero-order valence-electron chi connectivity index (χ0n) is 8.69. The molecule has 1 heterocycles. The molecule has 2 rings (SSSR count). The summed E-state index contributed by atoms with van der Waals surface area (Å²) in [6, 6.07) is 6.31. The number of aromatic nitrogens is 2. The van der Waals surface area contributed by atoms with Crippen LogP contribution in [-0.2, 0) is 0 Å². The third-order valence-corrected chi connectivity index (χ3v) is 3.01. The minimum absolute atomic E-state index is 0.0558. The van der Waals surface area contributed by atoms with Crippen LogP contribution in [-0.4, -0.2) is 10.2 Å². The second-order valence-electron chi connectivity index (χ2n) is 3.16. The molecule has 0 amide bonds. The number of nitriles is 1. The lowest BCUT2D eigenvalue weighted by atomic mass is 10.3. The molecule has 0 N–H and O–H groups in total. The maximum absolute atomic E-state index is 8.89. The van der Waals surface area contributed by atoms with Gasteiger partial charge in [-0.25, -0.2) is 0 Å². The highest BCUT2D eigenvalue weighted by molar-refractivity contribution is 6.43. The molecule has 0 saturated heterocycles. The fraction of sp³-hybridized carbons (Fsp3) is 0. The van der Waals surface area contributed by atoms with E-state index in [1.54, 1.807) is 0 Å². The Labute approximate surface area is 118 Å². The minimum atomic E-state index is 0.0558. The molecule has 4 nitrogen and oxygen atoms in total. The molecule has 0 radical (unpaired) electrons. The number of halogens is 3. The van der Waals surface area contributed by atoms with Crippen LogP contribution in [0, 0.1) is 11.3 Å². The quantitative estimate of drug-likeness (QED) is 0.783. The zero-order valence-corrected chi connectivity index (χ0v) is 11.0. The van der Waals surface area contributed by atoms with Crippen LogP contribution in [0.2, 0.25) is 15.1 Å². The predicted octanol–water partition coefficient (Wildman–Crippen LogP) is 4.10. The van der Waals surface area contributed by atoms with Crippen molar-refractivity contribution in [3.05, 3.63) is 45.0 Å². The number of rotatable bonds is 2. The fourth-order valence-electron chi connectivity index (χ4n) is 1.17. The van der Waals surface area contributed by atoms with Crippen molar-refractivity contribution in [1.29, 1.82) is 5.26 Å². The van der Waals surface area contributed by atoms with Crippen LogP contribution in [0.5, 0.6) is 11.6 Å². The van der Waals surface area contributed by atoms with Crippen molar-refractivity contribution in [1.82, 2.24) is 10.2 Å². The highest BCUT2D eigenvalue weighted by Gasteiger charge is 2.11. The van der Waals surface area contributed by atoms with E-state index in [-0.39, 0.29) is 22.2 Å². The molecule has 7 heteroatoms. The molecule has 1 aromatic carbocycles. The van der Waals surface area contributed by atoms with Crippen LogP contribution in [0.1, 0.15) is 5.56 Å². The van der Waals surface area contributed by atoms with Gasteiger partial charge in [0.05, 0.1) is 21.3 Å². The van der Waals surface area contributed by atoms with E-state index in [2.05, 4.69) is 10.2 Å². The zero-order chi connectivity index (χ0) is 13.1. The van der Waals surface area contributed by atoms with Crippen molar-refractivity contribution >= 4 is 34.8 Å². The highest BCUT2D eigenvalue weighted by Crippen LogP contribution is 2.36. The molecule has 0 aliphatic heterocycles. The number of benzene rings is 1. The van der Waals surface area contributed by atoms with Gasteiger partial charge in [-0.2, -0.15) is 10.4 Å². The molecule has 0 atom stereocenters. The Morgan fingerprint density at radius 1 is 1.11 bits per heavy atom. The number of hydrogen-bond acceptors (Lipinski definition) is 4. The summed E-state index contributed by atoms with van der Waals surface area (Å²) in [7, 11) is 0. The van der Waals surface area contributed by atoms with Crippen LogP contribution in [0.4, 0.5) is 0 Å². The molecule has 0 spiro atoms. The predicted molar refractivity (Wildman–Crippen MR) is 68.3 cm³/mol. The molecule has 0 unspecified atom stereocenters. The van der Waals surface area contributed by atoms with Gasteiger partial charge in [-0.15, -0.1) is 5.10 Å². The standard InChI is InChI=1S/C11H4Cl3N3O/c12-7-3-9(14)10(4-8(7)13)18-11-6(5-15)1-2-16-17-11/h1-4H. The van der Waals surface area contributed by atoms with E-state index in [4.69, 9.17) is 44.8 Å². The molecule has 0 aliphatic rings. The van der Waals surface area contributed by atoms with E-state index < -0.39 is 0 Å². The average molecular weight is 301 g/mol. The number of nitrogens with zero attached hydrogens (tertiary/aromatic N) is 3. The first-order valence-electron chi connectivity index (χ1n) is 4.66. The van der Waals surface area contributed by atoms with E-state index in [1.807, 2.05) is 6.07 Å². The lowest BCUT2D eigenvalue weighted by Crippen LogP contribution is -1.94. The van der Waals surface area contributed by atoms with Gasteiger partial charge in [-0.1, -0.05) is 34.8 Å². The topological polar surface area (TPSA) is 58.8 Å². The lowest BCUT2D eigenvalue weighted by Gasteiger charge is -2.08. The third-order valence-electron chi connectivity index (χ3n) is 1.99. The van der Waals surface area contributed by atoms with E-state index in [0.29, 0.717) is 10.0 Å². The van der Waals surface area contributed by atoms with Gasteiger partial charge >= 0.3 is 0 Å². The van der Waals surface area contributed by atoms with E-state index in [1.165, 1.54) is 24.4 Å². The number of hydrogen-bond donors (Lipinski definition) is 0. The molecule has 18 heavy (non-hydrogen) atoms. The largest absolute Gasteiger partial charge is 0.435 e. The van der Waals surface area contributed by atoms with Gasteiger partial charge in [0.2, 0.25) is 0 Å². The summed E-state index contributed by atoms with van der Waals surface area (Å²) in [4.78, 5) is 0. The molecular formula is C11H4Cl3N3O. The molecule has 0 aliphatic carbocycles. The maximum atomic E-state index is 8.89. The maximum Gasteiger partial charge on any atom is 0.257 e. The Morgan fingerprint density at radius 2 is 1.83 bits per heavy atom. The van der Waals surface area contributed by atoms with Gasteiger partial charge in [0.1, 0.15) is 17.4 Å². The van der Waals surface area contributed by atoms with Crippen LogP contribution in [0.3, 0.4) is 0 Å². The summed E-state index contributed by atoms with van der Waals surface area (Å²) < 4.78 is 5.40. The Morgan fingerprint density at radius 3 is 2.56 bits per heavy atom. The van der Waals surface area contributed by atoms with E-state index in [0.717, 1.165) is 0 Å². The van der Waals surface area contributed by atoms with Gasteiger partial charge in [0.25, 0.3) is 5.88 Å². The van der Waals surface area contributed by atoms with Gasteiger partial charge in [0.15, 0.2) is 0 Å². The van der Waals surface area contributed by atoms with Crippen LogP contribution in [0.25, 0.3) is 0 Å². The first-order valence-corrected chi connectivity index (χ1v) is 5.79. The van der Waals surface area contributed by atoms with Crippen LogP contribution in [0.15, 0.2) is 24.4 Å². The first-order chi connectivity index (χ1) is 8.61. The van der Waals surface area contributed by atoms with Gasteiger partial charge in [-0.3, -0.25) is 0 Å². The first kappa shape index (κ1) is 12.9. The van der Waals surface area contributed by atoms with Crippen LogP contribution >= 0.6 is 34.8 Å². The molecule has 90 valence electrons. The molecule has 0 bridgehead atoms. The van der Waals surface area contributed by atoms with Crippen molar-refractivity contribution in [3.8, 4) is 17.7 Å². The Kier molecular flexibility index (Phi) is 3.87. The lowest BCUT2D eigenvalue weighted by molar-refractivity contribution is 0.453. The number of ether oxygens (including phenoxy) is 1. The van der Waals surface area contributed by atoms with Crippen molar-refractivity contribution in [2.45, 2.75) is 0 Å². The van der Waals surface area contributed by atoms with Crippen molar-refractivity contribution in [2.24, 2.45) is 0 Å². The van der Waals surface area contributed by atoms with E-state index in [9.17, 15) is 0 Å². The smallest absolute Gasteiger partial charge is 0.257 e. The Balaban J connectivity index is 2.41. The average Bonchev–Trinajstić information content (AvgIpc) is 2.36. The molecule has 0 fully saturated rings. The monoisotopic (exact) mass is 299 g/mol. The summed E-state index contributed by atoms with van der Waals surface area (Å²) in [6.45, 7) is 0. The van der Waals surface area contributed by atoms with E-state index >= 15 is 0 Å².